The highest BCUT2D eigenvalue weighted by molar-refractivity contribution is 8.00. The van der Waals surface area contributed by atoms with E-state index < -0.39 is 33.7 Å². The second-order valence-corrected chi connectivity index (χ2v) is 6.24. The van der Waals surface area contributed by atoms with E-state index in [1.54, 1.807) is 11.8 Å². The zero-order chi connectivity index (χ0) is 15.6. The van der Waals surface area contributed by atoms with Crippen LogP contribution in [-0.4, -0.2) is 28.4 Å². The first-order valence-electron chi connectivity index (χ1n) is 6.35. The van der Waals surface area contributed by atoms with E-state index in [2.05, 4.69) is 5.32 Å². The van der Waals surface area contributed by atoms with Gasteiger partial charge in [-0.15, -0.1) is 0 Å². The van der Waals surface area contributed by atoms with Crippen LogP contribution in [0.4, 0.5) is 14.5 Å². The van der Waals surface area contributed by atoms with Crippen LogP contribution < -0.4 is 5.32 Å². The van der Waals surface area contributed by atoms with Gasteiger partial charge in [0.05, 0.1) is 11.0 Å². The van der Waals surface area contributed by atoms with Gasteiger partial charge >= 0.3 is 0 Å². The molecule has 1 aliphatic rings. The maximum absolute atomic E-state index is 13.2. The lowest BCUT2D eigenvalue weighted by Crippen LogP contribution is -2.45. The largest absolute Gasteiger partial charge is 0.350 e. The third kappa shape index (κ3) is 3.15. The van der Waals surface area contributed by atoms with Gasteiger partial charge in [-0.05, 0) is 25.2 Å². The van der Waals surface area contributed by atoms with E-state index >= 15 is 0 Å². The first-order chi connectivity index (χ1) is 9.88. The minimum absolute atomic E-state index is 0.0526. The molecule has 1 N–H and O–H groups in total. The van der Waals surface area contributed by atoms with Crippen molar-refractivity contribution in [2.75, 3.05) is 12.8 Å². The van der Waals surface area contributed by atoms with Crippen molar-refractivity contribution < 1.29 is 18.5 Å². The summed E-state index contributed by atoms with van der Waals surface area (Å²) in [5, 5.41) is 13.4. The molecule has 0 heterocycles. The summed E-state index contributed by atoms with van der Waals surface area (Å²) in [5.74, 6) is -3.40. The van der Waals surface area contributed by atoms with Crippen molar-refractivity contribution in [3.8, 4) is 0 Å². The number of amides is 1. The molecule has 1 aromatic carbocycles. The number of benzene rings is 1. The van der Waals surface area contributed by atoms with E-state index in [1.165, 1.54) is 0 Å². The van der Waals surface area contributed by atoms with Gasteiger partial charge in [0.25, 0.3) is 11.6 Å². The number of nitrogens with zero attached hydrogens (tertiary/aromatic N) is 1. The summed E-state index contributed by atoms with van der Waals surface area (Å²) < 4.78 is 26.2. The molecule has 0 atom stereocenters. The SMILES string of the molecule is CSC1(CNC(=O)c2cc(F)c(F)cc2[N+](=O)[O-])CCC1. The Morgan fingerprint density at radius 3 is 2.52 bits per heavy atom. The Labute approximate surface area is 124 Å². The zero-order valence-electron chi connectivity index (χ0n) is 11.3. The molecule has 0 aliphatic heterocycles. The summed E-state index contributed by atoms with van der Waals surface area (Å²) >= 11 is 1.63. The summed E-state index contributed by atoms with van der Waals surface area (Å²) in [6.07, 6.45) is 4.91. The van der Waals surface area contributed by atoms with Gasteiger partial charge in [-0.1, -0.05) is 6.42 Å². The number of nitro groups is 1. The lowest BCUT2D eigenvalue weighted by Gasteiger charge is -2.40. The lowest BCUT2D eigenvalue weighted by molar-refractivity contribution is -0.385. The summed E-state index contributed by atoms with van der Waals surface area (Å²) in [6.45, 7) is 0.350. The molecule has 0 spiro atoms. The van der Waals surface area contributed by atoms with Crippen molar-refractivity contribution in [1.82, 2.24) is 5.32 Å². The Balaban J connectivity index is 2.18. The van der Waals surface area contributed by atoms with E-state index in [-0.39, 0.29) is 4.75 Å². The highest BCUT2D eigenvalue weighted by Gasteiger charge is 2.36. The fourth-order valence-corrected chi connectivity index (χ4v) is 3.14. The van der Waals surface area contributed by atoms with Crippen LogP contribution in [0.3, 0.4) is 0 Å². The standard InChI is InChI=1S/C13H14F2N2O3S/c1-21-13(3-2-4-13)7-16-12(18)8-5-9(14)10(15)6-11(8)17(19)20/h5-6H,2-4,7H2,1H3,(H,16,18). The van der Waals surface area contributed by atoms with Crippen LogP contribution in [0.1, 0.15) is 29.6 Å². The molecular weight excluding hydrogens is 302 g/mol. The molecule has 0 bridgehead atoms. The van der Waals surface area contributed by atoms with Crippen LogP contribution in [0.5, 0.6) is 0 Å². The first kappa shape index (κ1) is 15.7. The molecule has 0 saturated heterocycles. The van der Waals surface area contributed by atoms with Crippen molar-refractivity contribution in [3.63, 3.8) is 0 Å². The van der Waals surface area contributed by atoms with Gasteiger partial charge in [-0.2, -0.15) is 11.8 Å². The monoisotopic (exact) mass is 316 g/mol. The van der Waals surface area contributed by atoms with E-state index in [9.17, 15) is 23.7 Å². The number of thioether (sulfide) groups is 1. The van der Waals surface area contributed by atoms with Crippen LogP contribution in [0.2, 0.25) is 0 Å². The maximum Gasteiger partial charge on any atom is 0.285 e. The number of rotatable bonds is 5. The average molecular weight is 316 g/mol. The van der Waals surface area contributed by atoms with Gasteiger partial charge in [-0.25, -0.2) is 8.78 Å². The van der Waals surface area contributed by atoms with Gasteiger partial charge in [0.1, 0.15) is 5.56 Å². The lowest BCUT2D eigenvalue weighted by atomic mass is 9.84. The van der Waals surface area contributed by atoms with E-state index in [0.717, 1.165) is 19.3 Å². The first-order valence-corrected chi connectivity index (χ1v) is 7.58. The molecular formula is C13H14F2N2O3S. The van der Waals surface area contributed by atoms with Gasteiger partial charge in [-0.3, -0.25) is 14.9 Å². The number of nitro benzene ring substituents is 1. The quantitative estimate of drug-likeness (QED) is 0.669. The highest BCUT2D eigenvalue weighted by atomic mass is 32.2. The second-order valence-electron chi connectivity index (χ2n) is 4.96. The number of hydrogen-bond donors (Lipinski definition) is 1. The molecule has 114 valence electrons. The number of carbonyl (C=O) groups is 1. The smallest absolute Gasteiger partial charge is 0.285 e. The Bertz CT molecular complexity index is 586. The van der Waals surface area contributed by atoms with Gasteiger partial charge in [0.2, 0.25) is 0 Å². The van der Waals surface area contributed by atoms with Crippen molar-refractivity contribution >= 4 is 23.4 Å². The molecule has 0 unspecified atom stereocenters. The molecule has 1 aromatic rings. The van der Waals surface area contributed by atoms with Crippen LogP contribution in [0.15, 0.2) is 12.1 Å². The molecule has 1 amide bonds. The number of halogens is 2. The molecule has 21 heavy (non-hydrogen) atoms. The van der Waals surface area contributed by atoms with Crippen molar-refractivity contribution in [2.45, 2.75) is 24.0 Å². The van der Waals surface area contributed by atoms with E-state index in [0.29, 0.717) is 18.7 Å². The van der Waals surface area contributed by atoms with Gasteiger partial charge in [0.15, 0.2) is 11.6 Å². The van der Waals surface area contributed by atoms with Crippen LogP contribution in [-0.2, 0) is 0 Å². The van der Waals surface area contributed by atoms with Crippen LogP contribution >= 0.6 is 11.8 Å². The van der Waals surface area contributed by atoms with Gasteiger partial charge < -0.3 is 5.32 Å². The number of nitrogens with one attached hydrogen (secondary N) is 1. The predicted molar refractivity (Wildman–Crippen MR) is 75.4 cm³/mol. The molecule has 1 aliphatic carbocycles. The Kier molecular flexibility index (Phi) is 4.46. The average Bonchev–Trinajstić information content (AvgIpc) is 2.40. The summed E-state index contributed by atoms with van der Waals surface area (Å²) in [5.41, 5.74) is -1.20. The second kappa shape index (κ2) is 5.97. The van der Waals surface area contributed by atoms with E-state index in [1.807, 2.05) is 6.26 Å². The molecule has 1 saturated carbocycles. The van der Waals surface area contributed by atoms with Crippen LogP contribution in [0.25, 0.3) is 0 Å². The topological polar surface area (TPSA) is 72.2 Å². The summed E-state index contributed by atoms with van der Waals surface area (Å²) in [7, 11) is 0. The highest BCUT2D eigenvalue weighted by Crippen LogP contribution is 2.42. The Morgan fingerprint density at radius 2 is 2.05 bits per heavy atom. The fourth-order valence-electron chi connectivity index (χ4n) is 2.23. The molecule has 0 radical (unpaired) electrons. The molecule has 8 heteroatoms. The third-order valence-electron chi connectivity index (χ3n) is 3.75. The predicted octanol–water partition coefficient (Wildman–Crippen LogP) is 2.89. The Hall–Kier alpha value is -1.70. The van der Waals surface area contributed by atoms with E-state index in [4.69, 9.17) is 0 Å². The van der Waals surface area contributed by atoms with Gasteiger partial charge in [0, 0.05) is 11.3 Å². The molecule has 5 nitrogen and oxygen atoms in total. The summed E-state index contributed by atoms with van der Waals surface area (Å²) in [6, 6.07) is 0.993. The Morgan fingerprint density at radius 1 is 1.43 bits per heavy atom. The third-order valence-corrected chi connectivity index (χ3v) is 5.17. The zero-order valence-corrected chi connectivity index (χ0v) is 12.1. The minimum atomic E-state index is -1.35. The maximum atomic E-state index is 13.2. The minimum Gasteiger partial charge on any atom is -0.350 e. The normalized spacial score (nSPS) is 16.1. The van der Waals surface area contributed by atoms with Crippen LogP contribution in [0, 0.1) is 21.7 Å². The van der Waals surface area contributed by atoms with Crippen molar-refractivity contribution in [2.24, 2.45) is 0 Å². The van der Waals surface area contributed by atoms with Crippen molar-refractivity contribution in [1.29, 1.82) is 0 Å². The number of carbonyl (C=O) groups excluding carboxylic acids is 1. The summed E-state index contributed by atoms with van der Waals surface area (Å²) in [4.78, 5) is 22.0. The molecule has 2 rings (SSSR count). The number of hydrogen-bond acceptors (Lipinski definition) is 4. The molecule has 1 fully saturated rings. The fraction of sp³-hybridized carbons (Fsp3) is 0.462. The van der Waals surface area contributed by atoms with Crippen molar-refractivity contribution in [3.05, 3.63) is 39.4 Å². The molecule has 0 aromatic heterocycles.